The molecular formula is C12H14O2. The number of aldehydes is 1. The first-order chi connectivity index (χ1) is 6.60. The Balaban J connectivity index is 0.000000292. The Morgan fingerprint density at radius 1 is 1.29 bits per heavy atom. The number of carbonyl (C=O) groups excluding carboxylic acids is 2. The molecule has 2 nitrogen and oxygen atoms in total. The molecule has 0 aliphatic rings. The summed E-state index contributed by atoms with van der Waals surface area (Å²) in [5, 5.41) is 0. The van der Waals surface area contributed by atoms with E-state index in [4.69, 9.17) is 0 Å². The Hall–Kier alpha value is -1.70. The van der Waals surface area contributed by atoms with Gasteiger partial charge in [0.15, 0.2) is 5.78 Å². The van der Waals surface area contributed by atoms with Crippen molar-refractivity contribution in [3.63, 3.8) is 0 Å². The number of allylic oxidation sites excluding steroid dienone is 1. The Morgan fingerprint density at radius 3 is 2.00 bits per heavy atom. The van der Waals surface area contributed by atoms with Crippen LogP contribution in [0.3, 0.4) is 0 Å². The van der Waals surface area contributed by atoms with Gasteiger partial charge in [0.25, 0.3) is 0 Å². The fourth-order valence-corrected chi connectivity index (χ4v) is 0.645. The maximum Gasteiger partial charge on any atom is 0.152 e. The van der Waals surface area contributed by atoms with Gasteiger partial charge in [-0.25, -0.2) is 0 Å². The molecule has 0 amide bonds. The maximum atomic E-state index is 10.1. The van der Waals surface area contributed by atoms with Crippen molar-refractivity contribution in [3.8, 4) is 0 Å². The average molecular weight is 190 g/mol. The van der Waals surface area contributed by atoms with E-state index in [0.717, 1.165) is 11.8 Å². The van der Waals surface area contributed by atoms with Gasteiger partial charge in [-0.2, -0.15) is 0 Å². The van der Waals surface area contributed by atoms with Gasteiger partial charge >= 0.3 is 0 Å². The van der Waals surface area contributed by atoms with Crippen LogP contribution in [0.4, 0.5) is 0 Å². The van der Waals surface area contributed by atoms with E-state index in [2.05, 4.69) is 6.58 Å². The highest BCUT2D eigenvalue weighted by Gasteiger charge is 1.85. The predicted octanol–water partition coefficient (Wildman–Crippen LogP) is 2.57. The van der Waals surface area contributed by atoms with Gasteiger partial charge in [0.2, 0.25) is 0 Å². The van der Waals surface area contributed by atoms with E-state index >= 15 is 0 Å². The van der Waals surface area contributed by atoms with Gasteiger partial charge in [-0.05, 0) is 19.9 Å². The molecule has 0 saturated heterocycles. The largest absolute Gasteiger partial charge is 0.298 e. The number of hydrogen-bond acceptors (Lipinski definition) is 2. The van der Waals surface area contributed by atoms with Crippen LogP contribution in [0.25, 0.3) is 0 Å². The van der Waals surface area contributed by atoms with Crippen LogP contribution in [-0.4, -0.2) is 12.1 Å². The van der Waals surface area contributed by atoms with Crippen molar-refractivity contribution in [1.29, 1.82) is 0 Å². The SMILES string of the molecule is C=CC(C)=O.Cc1ccc(C=O)cc1. The highest BCUT2D eigenvalue weighted by Crippen LogP contribution is 1.98. The van der Waals surface area contributed by atoms with E-state index in [9.17, 15) is 9.59 Å². The second-order valence-electron chi connectivity index (χ2n) is 2.84. The van der Waals surface area contributed by atoms with Crippen LogP contribution in [0.1, 0.15) is 22.8 Å². The van der Waals surface area contributed by atoms with E-state index in [1.807, 2.05) is 31.2 Å². The summed E-state index contributed by atoms with van der Waals surface area (Å²) in [5.74, 6) is 0.0185. The van der Waals surface area contributed by atoms with Gasteiger partial charge in [-0.15, -0.1) is 0 Å². The lowest BCUT2D eigenvalue weighted by Gasteiger charge is -1.89. The van der Waals surface area contributed by atoms with E-state index < -0.39 is 0 Å². The number of benzene rings is 1. The summed E-state index contributed by atoms with van der Waals surface area (Å²) in [4.78, 5) is 19.8. The number of carbonyl (C=O) groups is 2. The third-order valence-corrected chi connectivity index (χ3v) is 1.50. The van der Waals surface area contributed by atoms with Crippen LogP contribution in [-0.2, 0) is 4.79 Å². The fourth-order valence-electron chi connectivity index (χ4n) is 0.645. The molecule has 1 rings (SSSR count). The van der Waals surface area contributed by atoms with Crippen molar-refractivity contribution in [2.45, 2.75) is 13.8 Å². The van der Waals surface area contributed by atoms with Crippen LogP contribution in [0.2, 0.25) is 0 Å². The van der Waals surface area contributed by atoms with Crippen LogP contribution in [0.15, 0.2) is 36.9 Å². The summed E-state index contributed by atoms with van der Waals surface area (Å²) < 4.78 is 0. The quantitative estimate of drug-likeness (QED) is 0.530. The molecule has 0 unspecified atom stereocenters. The zero-order valence-corrected chi connectivity index (χ0v) is 8.49. The Morgan fingerprint density at radius 2 is 1.71 bits per heavy atom. The summed E-state index contributed by atoms with van der Waals surface area (Å²) in [6, 6.07) is 7.46. The summed E-state index contributed by atoms with van der Waals surface area (Å²) in [5.41, 5.74) is 1.92. The van der Waals surface area contributed by atoms with Gasteiger partial charge in [-0.3, -0.25) is 9.59 Å². The van der Waals surface area contributed by atoms with Crippen molar-refractivity contribution >= 4 is 12.1 Å². The zero-order valence-electron chi connectivity index (χ0n) is 8.49. The summed E-state index contributed by atoms with van der Waals surface area (Å²) in [6.07, 6.45) is 2.12. The molecule has 1 aromatic rings. The van der Waals surface area contributed by atoms with Crippen molar-refractivity contribution in [3.05, 3.63) is 48.0 Å². The minimum absolute atomic E-state index is 0.0185. The van der Waals surface area contributed by atoms with E-state index in [0.29, 0.717) is 0 Å². The smallest absolute Gasteiger partial charge is 0.152 e. The topological polar surface area (TPSA) is 34.1 Å². The summed E-state index contributed by atoms with van der Waals surface area (Å²) in [6.45, 7) is 6.67. The number of rotatable bonds is 2. The van der Waals surface area contributed by atoms with Gasteiger partial charge in [0, 0.05) is 5.56 Å². The van der Waals surface area contributed by atoms with E-state index in [1.54, 1.807) is 0 Å². The zero-order chi connectivity index (χ0) is 11.0. The van der Waals surface area contributed by atoms with Crippen molar-refractivity contribution in [2.24, 2.45) is 0 Å². The van der Waals surface area contributed by atoms with Crippen LogP contribution >= 0.6 is 0 Å². The highest BCUT2D eigenvalue weighted by atomic mass is 16.1. The van der Waals surface area contributed by atoms with Gasteiger partial charge in [0.05, 0.1) is 0 Å². The standard InChI is InChI=1S/C8H8O.C4H6O/c1-7-2-4-8(6-9)5-3-7;1-3-4(2)5/h2-6H,1H3;3H,1H2,2H3. The molecule has 0 spiro atoms. The molecule has 0 saturated carbocycles. The molecule has 0 atom stereocenters. The molecule has 0 fully saturated rings. The highest BCUT2D eigenvalue weighted by molar-refractivity contribution is 5.86. The summed E-state index contributed by atoms with van der Waals surface area (Å²) >= 11 is 0. The Kier molecular flexibility index (Phi) is 5.95. The van der Waals surface area contributed by atoms with Crippen molar-refractivity contribution in [1.82, 2.24) is 0 Å². The van der Waals surface area contributed by atoms with Crippen LogP contribution in [0, 0.1) is 6.92 Å². The minimum Gasteiger partial charge on any atom is -0.298 e. The molecule has 0 aliphatic carbocycles. The first kappa shape index (κ1) is 12.3. The molecule has 0 bridgehead atoms. The van der Waals surface area contributed by atoms with Crippen LogP contribution < -0.4 is 0 Å². The summed E-state index contributed by atoms with van der Waals surface area (Å²) in [7, 11) is 0. The molecule has 0 aliphatic heterocycles. The van der Waals surface area contributed by atoms with E-state index in [-0.39, 0.29) is 5.78 Å². The van der Waals surface area contributed by atoms with Crippen molar-refractivity contribution < 1.29 is 9.59 Å². The monoisotopic (exact) mass is 190 g/mol. The second kappa shape index (κ2) is 6.78. The molecule has 0 N–H and O–H groups in total. The fraction of sp³-hybridized carbons (Fsp3) is 0.167. The first-order valence-electron chi connectivity index (χ1n) is 4.25. The Labute approximate surface area is 84.3 Å². The molecule has 74 valence electrons. The third-order valence-electron chi connectivity index (χ3n) is 1.50. The third kappa shape index (κ3) is 5.89. The number of aryl methyl sites for hydroxylation is 1. The molecular weight excluding hydrogens is 176 g/mol. The molecule has 14 heavy (non-hydrogen) atoms. The molecule has 1 aromatic carbocycles. The average Bonchev–Trinajstić information content (AvgIpc) is 2.20. The lowest BCUT2D eigenvalue weighted by molar-refractivity contribution is -0.112. The maximum absolute atomic E-state index is 10.1. The molecule has 0 radical (unpaired) electrons. The minimum atomic E-state index is 0.0185. The van der Waals surface area contributed by atoms with Crippen LogP contribution in [0.5, 0.6) is 0 Å². The van der Waals surface area contributed by atoms with Gasteiger partial charge in [-0.1, -0.05) is 36.4 Å². The molecule has 0 aromatic heterocycles. The number of hydrogen-bond donors (Lipinski definition) is 0. The lowest BCUT2D eigenvalue weighted by Crippen LogP contribution is -1.77. The van der Waals surface area contributed by atoms with Crippen molar-refractivity contribution in [2.75, 3.05) is 0 Å². The van der Waals surface area contributed by atoms with Gasteiger partial charge in [0.1, 0.15) is 6.29 Å². The van der Waals surface area contributed by atoms with Gasteiger partial charge < -0.3 is 0 Å². The second-order valence-corrected chi connectivity index (χ2v) is 2.84. The number of ketones is 1. The van der Waals surface area contributed by atoms with E-state index in [1.165, 1.54) is 18.6 Å². The lowest BCUT2D eigenvalue weighted by atomic mass is 10.2. The first-order valence-corrected chi connectivity index (χ1v) is 4.25. The molecule has 2 heteroatoms. The Bertz CT molecular complexity index is 310. The molecule has 0 heterocycles. The normalized spacial score (nSPS) is 8.14. The predicted molar refractivity (Wildman–Crippen MR) is 57.4 cm³/mol.